The molecular formula is C66H131NO3. The lowest BCUT2D eigenvalue weighted by Gasteiger charge is -2.20. The highest BCUT2D eigenvalue weighted by Crippen LogP contribution is 2.19. The highest BCUT2D eigenvalue weighted by Gasteiger charge is 2.18. The van der Waals surface area contributed by atoms with E-state index in [-0.39, 0.29) is 12.5 Å². The number of nitrogens with one attached hydrogen (secondary N) is 1. The van der Waals surface area contributed by atoms with E-state index in [1.807, 2.05) is 6.08 Å². The molecule has 0 aromatic carbocycles. The number of aliphatic hydroxyl groups excluding tert-OH is 2. The van der Waals surface area contributed by atoms with Crippen molar-refractivity contribution in [2.45, 2.75) is 398 Å². The van der Waals surface area contributed by atoms with Crippen molar-refractivity contribution < 1.29 is 15.0 Å². The molecule has 0 spiro atoms. The Morgan fingerprint density at radius 2 is 0.529 bits per heavy atom. The first-order chi connectivity index (χ1) is 34.7. The van der Waals surface area contributed by atoms with Gasteiger partial charge in [0.1, 0.15) is 0 Å². The molecule has 0 aromatic heterocycles. The van der Waals surface area contributed by atoms with Crippen LogP contribution in [0.15, 0.2) is 12.2 Å². The van der Waals surface area contributed by atoms with Crippen LogP contribution in [0, 0.1) is 0 Å². The average molecular weight is 987 g/mol. The minimum atomic E-state index is -0.836. The molecule has 0 aliphatic rings. The minimum Gasteiger partial charge on any atom is -0.394 e. The lowest BCUT2D eigenvalue weighted by molar-refractivity contribution is -0.123. The lowest BCUT2D eigenvalue weighted by Crippen LogP contribution is -2.45. The number of unbranched alkanes of at least 4 members (excludes halogenated alkanes) is 55. The second-order valence-electron chi connectivity index (χ2n) is 22.9. The van der Waals surface area contributed by atoms with Crippen molar-refractivity contribution in [1.29, 1.82) is 0 Å². The molecule has 2 atom stereocenters. The van der Waals surface area contributed by atoms with Gasteiger partial charge in [0.15, 0.2) is 0 Å². The summed E-state index contributed by atoms with van der Waals surface area (Å²) >= 11 is 0. The van der Waals surface area contributed by atoms with Crippen LogP contribution in [0.4, 0.5) is 0 Å². The molecule has 0 bridgehead atoms. The average Bonchev–Trinajstić information content (AvgIpc) is 3.36. The van der Waals surface area contributed by atoms with Crippen molar-refractivity contribution in [3.8, 4) is 0 Å². The number of aliphatic hydroxyl groups is 2. The molecule has 0 saturated carbocycles. The Morgan fingerprint density at radius 1 is 0.329 bits per heavy atom. The Balaban J connectivity index is 3.39. The fraction of sp³-hybridized carbons (Fsp3) is 0.955. The molecule has 4 nitrogen and oxygen atoms in total. The maximum atomic E-state index is 12.5. The quantitative estimate of drug-likeness (QED) is 0.0420. The molecule has 4 heteroatoms. The molecule has 70 heavy (non-hydrogen) atoms. The highest BCUT2D eigenvalue weighted by atomic mass is 16.3. The van der Waals surface area contributed by atoms with Gasteiger partial charge in [0.2, 0.25) is 5.91 Å². The second-order valence-corrected chi connectivity index (χ2v) is 22.9. The van der Waals surface area contributed by atoms with Crippen LogP contribution < -0.4 is 5.32 Å². The molecule has 0 heterocycles. The Morgan fingerprint density at radius 3 is 0.743 bits per heavy atom. The van der Waals surface area contributed by atoms with Gasteiger partial charge in [0, 0.05) is 6.42 Å². The number of allylic oxidation sites excluding steroid dienone is 1. The molecule has 0 aliphatic heterocycles. The molecule has 418 valence electrons. The van der Waals surface area contributed by atoms with Crippen LogP contribution in [0.5, 0.6) is 0 Å². The third kappa shape index (κ3) is 58.0. The van der Waals surface area contributed by atoms with Crippen LogP contribution in [-0.2, 0) is 4.79 Å². The zero-order valence-corrected chi connectivity index (χ0v) is 48.3. The SMILES string of the molecule is CCCCCCCCCCCCCCCCCCCCCCC/C=C/C(O)C(CO)NC(=O)CCCCCCCCCCCCCCCCCCCCCCCCCCCCCCCCCCCCC. The number of hydrogen-bond acceptors (Lipinski definition) is 3. The van der Waals surface area contributed by atoms with E-state index in [9.17, 15) is 15.0 Å². The van der Waals surface area contributed by atoms with E-state index in [0.717, 1.165) is 25.7 Å². The van der Waals surface area contributed by atoms with Gasteiger partial charge >= 0.3 is 0 Å². The summed E-state index contributed by atoms with van der Waals surface area (Å²) in [5.41, 5.74) is 0. The van der Waals surface area contributed by atoms with Gasteiger partial charge in [0.25, 0.3) is 0 Å². The first-order valence-corrected chi connectivity index (χ1v) is 32.9. The summed E-state index contributed by atoms with van der Waals surface area (Å²) in [7, 11) is 0. The normalized spacial score (nSPS) is 12.7. The summed E-state index contributed by atoms with van der Waals surface area (Å²) < 4.78 is 0. The van der Waals surface area contributed by atoms with Crippen molar-refractivity contribution >= 4 is 5.91 Å². The first kappa shape index (κ1) is 69.1. The van der Waals surface area contributed by atoms with Crippen molar-refractivity contribution in [2.24, 2.45) is 0 Å². The number of hydrogen-bond donors (Lipinski definition) is 3. The summed E-state index contributed by atoms with van der Waals surface area (Å²) in [6, 6.07) is -0.619. The third-order valence-corrected chi connectivity index (χ3v) is 15.8. The number of amides is 1. The number of rotatable bonds is 62. The van der Waals surface area contributed by atoms with Gasteiger partial charge in [-0.05, 0) is 19.3 Å². The third-order valence-electron chi connectivity index (χ3n) is 15.8. The molecule has 0 radical (unpaired) electrons. The molecule has 0 aromatic rings. The zero-order valence-electron chi connectivity index (χ0n) is 48.3. The summed E-state index contributed by atoms with van der Waals surface area (Å²) in [6.45, 7) is 4.36. The van der Waals surface area contributed by atoms with Crippen LogP contribution in [-0.4, -0.2) is 34.9 Å². The van der Waals surface area contributed by atoms with E-state index in [1.54, 1.807) is 6.08 Å². The van der Waals surface area contributed by atoms with E-state index < -0.39 is 12.1 Å². The van der Waals surface area contributed by atoms with Gasteiger partial charge in [0.05, 0.1) is 18.8 Å². The van der Waals surface area contributed by atoms with E-state index in [4.69, 9.17) is 0 Å². The first-order valence-electron chi connectivity index (χ1n) is 32.9. The maximum absolute atomic E-state index is 12.5. The van der Waals surface area contributed by atoms with E-state index in [0.29, 0.717) is 6.42 Å². The standard InChI is InChI=1S/C66H131NO3/c1-3-5-7-9-11-13-15-17-19-21-23-25-27-28-29-30-31-32-33-34-35-36-37-38-40-42-44-46-48-50-52-54-56-58-60-62-66(70)67-64(63-68)65(69)61-59-57-55-53-51-49-47-45-43-41-39-26-24-22-20-18-16-14-12-10-8-6-4-2/h59,61,64-65,68-69H,3-58,60,62-63H2,1-2H3,(H,67,70)/b61-59+. The highest BCUT2D eigenvalue weighted by molar-refractivity contribution is 5.76. The number of carbonyl (C=O) groups is 1. The summed E-state index contributed by atoms with van der Waals surface area (Å²) in [4.78, 5) is 12.5. The minimum absolute atomic E-state index is 0.0538. The van der Waals surface area contributed by atoms with E-state index in [2.05, 4.69) is 19.2 Å². The van der Waals surface area contributed by atoms with Crippen molar-refractivity contribution in [3.63, 3.8) is 0 Å². The van der Waals surface area contributed by atoms with Crippen LogP contribution in [0.1, 0.15) is 386 Å². The van der Waals surface area contributed by atoms with Gasteiger partial charge in [-0.15, -0.1) is 0 Å². The Kier molecular flexibility index (Phi) is 61.6. The molecule has 2 unspecified atom stereocenters. The van der Waals surface area contributed by atoms with Gasteiger partial charge in [-0.25, -0.2) is 0 Å². The largest absolute Gasteiger partial charge is 0.394 e. The lowest BCUT2D eigenvalue weighted by atomic mass is 10.0. The smallest absolute Gasteiger partial charge is 0.220 e. The molecule has 1 amide bonds. The number of carbonyl (C=O) groups excluding carboxylic acids is 1. The van der Waals surface area contributed by atoms with Crippen molar-refractivity contribution in [3.05, 3.63) is 12.2 Å². The Labute approximate surface area is 441 Å². The predicted molar refractivity (Wildman–Crippen MR) is 313 cm³/mol. The van der Waals surface area contributed by atoms with Gasteiger partial charge < -0.3 is 15.5 Å². The summed E-state index contributed by atoms with van der Waals surface area (Å²) in [5.74, 6) is -0.0538. The second kappa shape index (κ2) is 62.4. The molecule has 0 rings (SSSR count). The molecule has 0 saturated heterocycles. The van der Waals surface area contributed by atoms with Crippen LogP contribution in [0.2, 0.25) is 0 Å². The predicted octanol–water partition coefficient (Wildman–Crippen LogP) is 22.0. The molecule has 3 N–H and O–H groups in total. The van der Waals surface area contributed by atoms with Crippen LogP contribution in [0.25, 0.3) is 0 Å². The van der Waals surface area contributed by atoms with E-state index in [1.165, 1.54) is 340 Å². The Hall–Kier alpha value is -0.870. The Bertz CT molecular complexity index is 982. The van der Waals surface area contributed by atoms with Crippen LogP contribution >= 0.6 is 0 Å². The summed E-state index contributed by atoms with van der Waals surface area (Å²) in [5, 5.41) is 23.3. The maximum Gasteiger partial charge on any atom is 0.220 e. The monoisotopic (exact) mass is 986 g/mol. The summed E-state index contributed by atoms with van der Waals surface area (Å²) in [6.07, 6.45) is 82.9. The van der Waals surface area contributed by atoms with Gasteiger partial charge in [-0.1, -0.05) is 373 Å². The van der Waals surface area contributed by atoms with Crippen molar-refractivity contribution in [1.82, 2.24) is 5.32 Å². The fourth-order valence-corrected chi connectivity index (χ4v) is 10.8. The molecule has 0 aliphatic carbocycles. The van der Waals surface area contributed by atoms with Gasteiger partial charge in [-0.2, -0.15) is 0 Å². The van der Waals surface area contributed by atoms with E-state index >= 15 is 0 Å². The topological polar surface area (TPSA) is 69.6 Å². The van der Waals surface area contributed by atoms with Gasteiger partial charge in [-0.3, -0.25) is 4.79 Å². The van der Waals surface area contributed by atoms with Crippen LogP contribution in [0.3, 0.4) is 0 Å². The molecule has 0 fully saturated rings. The van der Waals surface area contributed by atoms with Crippen molar-refractivity contribution in [2.75, 3.05) is 6.61 Å². The zero-order chi connectivity index (χ0) is 50.6. The molecular weight excluding hydrogens is 855 g/mol. The fourth-order valence-electron chi connectivity index (χ4n) is 10.8.